The molecule has 1 fully saturated rings. The average molecular weight is 297 g/mol. The van der Waals surface area contributed by atoms with Gasteiger partial charge in [0.2, 0.25) is 0 Å². The lowest BCUT2D eigenvalue weighted by atomic mass is 9.98. The van der Waals surface area contributed by atoms with Gasteiger partial charge in [0.15, 0.2) is 11.6 Å². The quantitative estimate of drug-likeness (QED) is 0.667. The third-order valence-electron chi connectivity index (χ3n) is 3.88. The number of halogens is 1. The molecule has 1 aliphatic heterocycles. The average Bonchev–Trinajstić information content (AvgIpc) is 2.48. The van der Waals surface area contributed by atoms with Crippen molar-refractivity contribution in [2.45, 2.75) is 31.7 Å². The number of nitrogens with zero attached hydrogens (tertiary/aromatic N) is 2. The third-order valence-corrected chi connectivity index (χ3v) is 3.88. The van der Waals surface area contributed by atoms with Gasteiger partial charge in [-0.25, -0.2) is 4.39 Å². The fourth-order valence-electron chi connectivity index (χ4n) is 2.88. The second kappa shape index (κ2) is 6.71. The van der Waals surface area contributed by atoms with Gasteiger partial charge in [0.25, 0.3) is 5.69 Å². The molecule has 1 aromatic carbocycles. The molecule has 0 saturated carbocycles. The molecule has 6 nitrogen and oxygen atoms in total. The van der Waals surface area contributed by atoms with E-state index < -0.39 is 10.7 Å². The van der Waals surface area contributed by atoms with Crippen molar-refractivity contribution in [3.63, 3.8) is 0 Å². The van der Waals surface area contributed by atoms with Crippen LogP contribution in [0.2, 0.25) is 0 Å². The summed E-state index contributed by atoms with van der Waals surface area (Å²) < 4.78 is 18.7. The van der Waals surface area contributed by atoms with Crippen molar-refractivity contribution in [2.24, 2.45) is 5.73 Å². The Bertz CT molecular complexity index is 522. The lowest BCUT2D eigenvalue weighted by Crippen LogP contribution is -2.41. The van der Waals surface area contributed by atoms with E-state index in [0.29, 0.717) is 18.8 Å². The van der Waals surface area contributed by atoms with Crippen LogP contribution in [-0.2, 0) is 0 Å². The van der Waals surface area contributed by atoms with E-state index in [1.807, 2.05) is 4.90 Å². The number of nitrogens with two attached hydrogens (primary N) is 1. The SMILES string of the molecule is COc1cc(N2CCCCC2CCN)c([N+](=O)[O-])cc1F. The fourth-order valence-corrected chi connectivity index (χ4v) is 2.88. The highest BCUT2D eigenvalue weighted by molar-refractivity contribution is 5.67. The summed E-state index contributed by atoms with van der Waals surface area (Å²) in [4.78, 5) is 12.6. The molecule has 2 rings (SSSR count). The molecule has 0 radical (unpaired) electrons. The summed E-state index contributed by atoms with van der Waals surface area (Å²) >= 11 is 0. The molecule has 1 aliphatic rings. The van der Waals surface area contributed by atoms with E-state index in [4.69, 9.17) is 10.5 Å². The van der Waals surface area contributed by atoms with Gasteiger partial charge in [-0.05, 0) is 32.2 Å². The molecule has 0 spiro atoms. The van der Waals surface area contributed by atoms with Crippen LogP contribution in [-0.4, -0.2) is 31.2 Å². The first-order valence-corrected chi connectivity index (χ1v) is 7.07. The van der Waals surface area contributed by atoms with Crippen LogP contribution in [0.15, 0.2) is 12.1 Å². The number of piperidine rings is 1. The summed E-state index contributed by atoms with van der Waals surface area (Å²) in [6.45, 7) is 1.23. The predicted octanol–water partition coefficient (Wildman–Crippen LogP) is 2.45. The van der Waals surface area contributed by atoms with Gasteiger partial charge in [0.1, 0.15) is 5.69 Å². The normalized spacial score (nSPS) is 18.6. The van der Waals surface area contributed by atoms with Crippen LogP contribution in [0.3, 0.4) is 0 Å². The zero-order valence-electron chi connectivity index (χ0n) is 12.0. The highest BCUT2D eigenvalue weighted by Gasteiger charge is 2.29. The summed E-state index contributed by atoms with van der Waals surface area (Å²) in [5.41, 5.74) is 5.82. The van der Waals surface area contributed by atoms with E-state index in [1.165, 1.54) is 13.2 Å². The summed E-state index contributed by atoms with van der Waals surface area (Å²) in [7, 11) is 1.35. The van der Waals surface area contributed by atoms with Crippen LogP contribution in [0.25, 0.3) is 0 Å². The molecule has 1 atom stereocenters. The lowest BCUT2D eigenvalue weighted by Gasteiger charge is -2.37. The summed E-state index contributed by atoms with van der Waals surface area (Å²) in [6.07, 6.45) is 3.73. The van der Waals surface area contributed by atoms with Crippen molar-refractivity contribution < 1.29 is 14.1 Å². The highest BCUT2D eigenvalue weighted by Crippen LogP contribution is 2.38. The number of nitro groups is 1. The maximum atomic E-state index is 13.7. The smallest absolute Gasteiger partial charge is 0.295 e. The van der Waals surface area contributed by atoms with E-state index in [-0.39, 0.29) is 17.5 Å². The molecular formula is C14H20FN3O3. The van der Waals surface area contributed by atoms with E-state index in [2.05, 4.69) is 0 Å². The largest absolute Gasteiger partial charge is 0.494 e. The zero-order chi connectivity index (χ0) is 15.4. The number of nitro benzene ring substituents is 1. The van der Waals surface area contributed by atoms with Gasteiger partial charge in [-0.1, -0.05) is 0 Å². The van der Waals surface area contributed by atoms with E-state index in [9.17, 15) is 14.5 Å². The van der Waals surface area contributed by atoms with Crippen molar-refractivity contribution in [3.8, 4) is 5.75 Å². The molecule has 1 unspecified atom stereocenters. The van der Waals surface area contributed by atoms with Crippen molar-refractivity contribution >= 4 is 11.4 Å². The molecular weight excluding hydrogens is 277 g/mol. The van der Waals surface area contributed by atoms with Crippen LogP contribution >= 0.6 is 0 Å². The standard InChI is InChI=1S/C14H20FN3O3/c1-21-14-9-12(13(18(19)20)8-11(14)15)17-7-3-2-4-10(17)5-6-16/h8-10H,2-7,16H2,1H3. The van der Waals surface area contributed by atoms with Crippen molar-refractivity contribution in [2.75, 3.05) is 25.1 Å². The van der Waals surface area contributed by atoms with Crippen LogP contribution in [0, 0.1) is 15.9 Å². The Balaban J connectivity index is 2.46. The Hall–Kier alpha value is -1.89. The van der Waals surface area contributed by atoms with Gasteiger partial charge < -0.3 is 15.4 Å². The van der Waals surface area contributed by atoms with E-state index >= 15 is 0 Å². The molecule has 1 saturated heterocycles. The van der Waals surface area contributed by atoms with Gasteiger partial charge in [-0.2, -0.15) is 0 Å². The maximum absolute atomic E-state index is 13.7. The topological polar surface area (TPSA) is 81.6 Å². The van der Waals surface area contributed by atoms with Gasteiger partial charge in [-0.3, -0.25) is 10.1 Å². The van der Waals surface area contributed by atoms with E-state index in [0.717, 1.165) is 31.7 Å². The first-order chi connectivity index (χ1) is 10.1. The highest BCUT2D eigenvalue weighted by atomic mass is 19.1. The van der Waals surface area contributed by atoms with Crippen LogP contribution < -0.4 is 15.4 Å². The molecule has 1 heterocycles. The minimum absolute atomic E-state index is 0.0210. The summed E-state index contributed by atoms with van der Waals surface area (Å²) in [5.74, 6) is -0.701. The molecule has 1 aromatic rings. The number of hydrogen-bond donors (Lipinski definition) is 1. The van der Waals surface area contributed by atoms with Gasteiger partial charge in [0, 0.05) is 18.7 Å². The first kappa shape index (κ1) is 15.5. The Morgan fingerprint density at radius 3 is 2.90 bits per heavy atom. The number of rotatable bonds is 5. The molecule has 2 N–H and O–H groups in total. The van der Waals surface area contributed by atoms with Gasteiger partial charge in [-0.15, -0.1) is 0 Å². The van der Waals surface area contributed by atoms with E-state index in [1.54, 1.807) is 0 Å². The molecule has 7 heteroatoms. The molecule has 0 bridgehead atoms. The Morgan fingerprint density at radius 1 is 1.52 bits per heavy atom. The number of anilines is 1. The Kier molecular flexibility index (Phi) is 4.95. The predicted molar refractivity (Wildman–Crippen MR) is 78.3 cm³/mol. The molecule has 116 valence electrons. The van der Waals surface area contributed by atoms with Gasteiger partial charge in [0.05, 0.1) is 18.1 Å². The Morgan fingerprint density at radius 2 is 2.29 bits per heavy atom. The zero-order valence-corrected chi connectivity index (χ0v) is 12.0. The third kappa shape index (κ3) is 3.24. The molecule has 21 heavy (non-hydrogen) atoms. The number of benzene rings is 1. The van der Waals surface area contributed by atoms with Crippen molar-refractivity contribution in [1.29, 1.82) is 0 Å². The Labute approximate surface area is 122 Å². The molecule has 0 aliphatic carbocycles. The summed E-state index contributed by atoms with van der Waals surface area (Å²) in [5, 5.41) is 11.2. The van der Waals surface area contributed by atoms with Crippen LogP contribution in [0.5, 0.6) is 5.75 Å². The minimum atomic E-state index is -0.722. The van der Waals surface area contributed by atoms with Crippen LogP contribution in [0.4, 0.5) is 15.8 Å². The fraction of sp³-hybridized carbons (Fsp3) is 0.571. The second-order valence-electron chi connectivity index (χ2n) is 5.15. The monoisotopic (exact) mass is 297 g/mol. The number of hydrogen-bond acceptors (Lipinski definition) is 5. The number of ether oxygens (including phenoxy) is 1. The van der Waals surface area contributed by atoms with Gasteiger partial charge >= 0.3 is 0 Å². The minimum Gasteiger partial charge on any atom is -0.494 e. The van der Waals surface area contributed by atoms with Crippen molar-refractivity contribution in [3.05, 3.63) is 28.1 Å². The second-order valence-corrected chi connectivity index (χ2v) is 5.15. The molecule has 0 aromatic heterocycles. The maximum Gasteiger partial charge on any atom is 0.295 e. The van der Waals surface area contributed by atoms with Crippen LogP contribution in [0.1, 0.15) is 25.7 Å². The molecule has 0 amide bonds. The summed E-state index contributed by atoms with van der Waals surface area (Å²) in [6, 6.07) is 2.50. The first-order valence-electron chi connectivity index (χ1n) is 7.07. The lowest BCUT2D eigenvalue weighted by molar-refractivity contribution is -0.384. The number of methoxy groups -OCH3 is 1. The van der Waals surface area contributed by atoms with Crippen molar-refractivity contribution in [1.82, 2.24) is 0 Å².